The lowest BCUT2D eigenvalue weighted by Gasteiger charge is -2.46. The molecule has 118 valence electrons. The van der Waals surface area contributed by atoms with E-state index in [1.54, 1.807) is 15.9 Å². The van der Waals surface area contributed by atoms with Gasteiger partial charge in [-0.25, -0.2) is 13.4 Å². The number of imidazole rings is 1. The number of aryl methyl sites for hydroxylation is 1. The molecule has 0 spiro atoms. The molecular formula is C14H22ClN3O2S. The first-order valence-corrected chi connectivity index (χ1v) is 9.43. The summed E-state index contributed by atoms with van der Waals surface area (Å²) in [5.74, 6) is 1.07. The fourth-order valence-electron chi connectivity index (χ4n) is 3.85. The molecule has 2 fully saturated rings. The van der Waals surface area contributed by atoms with Gasteiger partial charge in [0, 0.05) is 19.6 Å². The summed E-state index contributed by atoms with van der Waals surface area (Å²) in [7, 11) is -1.89. The number of sulfonamides is 1. The molecule has 0 N–H and O–H groups in total. The predicted molar refractivity (Wildman–Crippen MR) is 81.6 cm³/mol. The second-order valence-corrected chi connectivity index (χ2v) is 8.51. The molecule has 1 aliphatic carbocycles. The van der Waals surface area contributed by atoms with Crippen LogP contribution in [0.1, 0.15) is 39.0 Å². The van der Waals surface area contributed by atoms with E-state index in [0.29, 0.717) is 18.4 Å². The smallest absolute Gasteiger partial charge is 0.263 e. The lowest BCUT2D eigenvalue weighted by Crippen LogP contribution is -2.52. The number of piperidine rings is 1. The lowest BCUT2D eigenvalue weighted by molar-refractivity contribution is 0.0825. The molecule has 0 unspecified atom stereocenters. The number of halogens is 1. The van der Waals surface area contributed by atoms with Gasteiger partial charge in [-0.15, -0.1) is 0 Å². The number of fused-ring (bicyclic) bond motifs is 1. The summed E-state index contributed by atoms with van der Waals surface area (Å²) in [5, 5.41) is 0.200. The van der Waals surface area contributed by atoms with E-state index < -0.39 is 10.0 Å². The average molecular weight is 332 g/mol. The molecule has 21 heavy (non-hydrogen) atoms. The minimum Gasteiger partial charge on any atom is -0.324 e. The highest BCUT2D eigenvalue weighted by Gasteiger charge is 2.44. The Kier molecular flexibility index (Phi) is 4.05. The molecule has 2 heterocycles. The minimum atomic E-state index is -3.60. The summed E-state index contributed by atoms with van der Waals surface area (Å²) < 4.78 is 29.1. The second kappa shape index (κ2) is 5.56. The summed E-state index contributed by atoms with van der Waals surface area (Å²) in [6.45, 7) is 2.83. The molecule has 1 aromatic rings. The van der Waals surface area contributed by atoms with Gasteiger partial charge >= 0.3 is 0 Å². The van der Waals surface area contributed by atoms with E-state index in [9.17, 15) is 8.42 Å². The Balaban J connectivity index is 1.96. The summed E-state index contributed by atoms with van der Waals surface area (Å²) >= 11 is 6.11. The van der Waals surface area contributed by atoms with Gasteiger partial charge in [-0.2, -0.15) is 4.31 Å². The maximum Gasteiger partial charge on any atom is 0.263 e. The van der Waals surface area contributed by atoms with Crippen LogP contribution in [0, 0.1) is 11.8 Å². The van der Waals surface area contributed by atoms with Gasteiger partial charge in [0.2, 0.25) is 5.03 Å². The van der Waals surface area contributed by atoms with Crippen molar-refractivity contribution in [1.29, 1.82) is 0 Å². The first kappa shape index (κ1) is 15.3. The minimum absolute atomic E-state index is 0.00513. The van der Waals surface area contributed by atoms with Gasteiger partial charge in [0.15, 0.2) is 0 Å². The number of aromatic nitrogens is 2. The highest BCUT2D eigenvalue weighted by atomic mass is 35.5. The first-order chi connectivity index (χ1) is 9.93. The summed E-state index contributed by atoms with van der Waals surface area (Å²) in [6, 6.07) is 0.116. The van der Waals surface area contributed by atoms with Crippen molar-refractivity contribution in [3.05, 3.63) is 11.5 Å². The van der Waals surface area contributed by atoms with Crippen molar-refractivity contribution in [3.63, 3.8) is 0 Å². The molecule has 2 aliphatic rings. The van der Waals surface area contributed by atoms with Crippen LogP contribution in [0.4, 0.5) is 0 Å². The lowest BCUT2D eigenvalue weighted by atomic mass is 9.74. The predicted octanol–water partition coefficient (Wildman–Crippen LogP) is 2.66. The third-order valence-corrected chi connectivity index (χ3v) is 7.49. The largest absolute Gasteiger partial charge is 0.324 e. The summed E-state index contributed by atoms with van der Waals surface area (Å²) in [5.41, 5.74) is 0. The third-order valence-electron chi connectivity index (χ3n) is 5.07. The Morgan fingerprint density at radius 1 is 1.29 bits per heavy atom. The van der Waals surface area contributed by atoms with Gasteiger partial charge in [-0.05, 0) is 31.1 Å². The van der Waals surface area contributed by atoms with Crippen molar-refractivity contribution < 1.29 is 8.42 Å². The molecule has 3 rings (SSSR count). The van der Waals surface area contributed by atoms with E-state index in [4.69, 9.17) is 11.6 Å². The van der Waals surface area contributed by atoms with Crippen molar-refractivity contribution >= 4 is 21.6 Å². The van der Waals surface area contributed by atoms with Gasteiger partial charge in [0.25, 0.3) is 10.0 Å². The number of nitrogens with zero attached hydrogens (tertiary/aromatic N) is 3. The van der Waals surface area contributed by atoms with E-state index in [1.807, 2.05) is 0 Å². The van der Waals surface area contributed by atoms with Crippen molar-refractivity contribution in [3.8, 4) is 0 Å². The second-order valence-electron chi connectivity index (χ2n) is 6.35. The Hall–Kier alpha value is -0.590. The molecular weight excluding hydrogens is 310 g/mol. The van der Waals surface area contributed by atoms with Crippen LogP contribution in [-0.2, 0) is 17.1 Å². The van der Waals surface area contributed by atoms with Gasteiger partial charge in [-0.1, -0.05) is 31.4 Å². The van der Waals surface area contributed by atoms with Crippen LogP contribution in [-0.4, -0.2) is 34.9 Å². The Labute approximate surface area is 131 Å². The van der Waals surface area contributed by atoms with Crippen molar-refractivity contribution in [2.75, 3.05) is 6.54 Å². The third kappa shape index (κ3) is 2.51. The highest BCUT2D eigenvalue weighted by Crippen LogP contribution is 2.41. The Morgan fingerprint density at radius 2 is 2.00 bits per heavy atom. The molecule has 0 bridgehead atoms. The molecule has 5 nitrogen and oxygen atoms in total. The molecule has 0 amide bonds. The van der Waals surface area contributed by atoms with E-state index in [1.165, 1.54) is 12.7 Å². The molecule has 1 aromatic heterocycles. The molecule has 0 aromatic carbocycles. The Bertz CT molecular complexity index is 628. The highest BCUT2D eigenvalue weighted by molar-refractivity contribution is 7.89. The molecule has 1 aliphatic heterocycles. The van der Waals surface area contributed by atoms with Crippen LogP contribution in [0.5, 0.6) is 0 Å². The van der Waals surface area contributed by atoms with Crippen LogP contribution in [0.2, 0.25) is 5.15 Å². The molecule has 1 saturated carbocycles. The summed E-state index contributed by atoms with van der Waals surface area (Å²) in [6.07, 6.45) is 6.79. The van der Waals surface area contributed by atoms with Crippen molar-refractivity contribution in [2.45, 2.75) is 50.1 Å². The standard InChI is InChI=1S/C14H22ClN3O2S/c1-10-7-8-18(12-6-4-3-5-11(10)12)21(19,20)14-13(15)17(2)9-16-14/h9-12H,3-8H2,1-2H3/t10-,11-,12+/m1/s1. The van der Waals surface area contributed by atoms with Gasteiger partial charge in [0.1, 0.15) is 5.15 Å². The first-order valence-electron chi connectivity index (χ1n) is 7.61. The zero-order valence-electron chi connectivity index (χ0n) is 12.5. The van der Waals surface area contributed by atoms with Crippen LogP contribution in [0.3, 0.4) is 0 Å². The van der Waals surface area contributed by atoms with Crippen molar-refractivity contribution in [1.82, 2.24) is 13.9 Å². The van der Waals surface area contributed by atoms with Crippen LogP contribution in [0.15, 0.2) is 11.4 Å². The monoisotopic (exact) mass is 331 g/mol. The van der Waals surface area contributed by atoms with Gasteiger partial charge in [-0.3, -0.25) is 0 Å². The number of rotatable bonds is 2. The van der Waals surface area contributed by atoms with Crippen molar-refractivity contribution in [2.24, 2.45) is 18.9 Å². The van der Waals surface area contributed by atoms with E-state index in [0.717, 1.165) is 25.7 Å². The van der Waals surface area contributed by atoms with Crippen LogP contribution < -0.4 is 0 Å². The van der Waals surface area contributed by atoms with Gasteiger partial charge < -0.3 is 4.57 Å². The molecule has 0 radical (unpaired) electrons. The molecule has 7 heteroatoms. The van der Waals surface area contributed by atoms with Gasteiger partial charge in [0.05, 0.1) is 6.33 Å². The van der Waals surface area contributed by atoms with E-state index in [2.05, 4.69) is 11.9 Å². The maximum atomic E-state index is 12.9. The van der Waals surface area contributed by atoms with Crippen LogP contribution >= 0.6 is 11.6 Å². The normalized spacial score (nSPS) is 31.1. The number of hydrogen-bond donors (Lipinski definition) is 0. The molecule has 1 saturated heterocycles. The topological polar surface area (TPSA) is 55.2 Å². The SMILES string of the molecule is C[C@@H]1CCN(S(=O)(=O)c2ncn(C)c2Cl)[C@H]2CCCC[C@H]12. The molecule has 3 atom stereocenters. The average Bonchev–Trinajstić information content (AvgIpc) is 2.80. The quantitative estimate of drug-likeness (QED) is 0.837. The maximum absolute atomic E-state index is 12.9. The summed E-state index contributed by atoms with van der Waals surface area (Å²) in [4.78, 5) is 4.02. The van der Waals surface area contributed by atoms with Crippen LogP contribution in [0.25, 0.3) is 0 Å². The van der Waals surface area contributed by atoms with E-state index in [-0.39, 0.29) is 16.2 Å². The fourth-order valence-corrected chi connectivity index (χ4v) is 5.96. The zero-order valence-corrected chi connectivity index (χ0v) is 14.1. The van der Waals surface area contributed by atoms with E-state index >= 15 is 0 Å². The zero-order chi connectivity index (χ0) is 15.2. The number of hydrogen-bond acceptors (Lipinski definition) is 3. The fraction of sp³-hybridized carbons (Fsp3) is 0.786. The Morgan fingerprint density at radius 3 is 2.67 bits per heavy atom.